The van der Waals surface area contributed by atoms with Crippen molar-refractivity contribution in [1.82, 2.24) is 25.8 Å². The molecule has 2 heterocycles. The quantitative estimate of drug-likeness (QED) is 0.655. The second kappa shape index (κ2) is 9.71. The van der Waals surface area contributed by atoms with Crippen molar-refractivity contribution in [3.05, 3.63) is 0 Å². The van der Waals surface area contributed by atoms with Gasteiger partial charge >= 0.3 is 6.09 Å². The van der Waals surface area contributed by atoms with Gasteiger partial charge < -0.3 is 20.7 Å². The second-order valence-electron chi connectivity index (χ2n) is 7.99. The molecule has 0 spiro atoms. The third kappa shape index (κ3) is 6.73. The Morgan fingerprint density at radius 3 is 2.52 bits per heavy atom. The van der Waals surface area contributed by atoms with Crippen molar-refractivity contribution in [2.75, 3.05) is 52.4 Å². The van der Waals surface area contributed by atoms with Crippen LogP contribution in [0.2, 0.25) is 0 Å². The number of carbonyl (C=O) groups excluding carboxylic acids is 1. The maximum atomic E-state index is 11.8. The Labute approximate surface area is 152 Å². The third-order valence-electron chi connectivity index (χ3n) is 4.86. The van der Waals surface area contributed by atoms with Crippen molar-refractivity contribution in [2.24, 2.45) is 0 Å². The number of rotatable bonds is 6. The van der Waals surface area contributed by atoms with Gasteiger partial charge in [-0.15, -0.1) is 0 Å². The summed E-state index contributed by atoms with van der Waals surface area (Å²) < 4.78 is 5.32. The number of nitrogens with zero attached hydrogens (tertiary/aromatic N) is 2. The Morgan fingerprint density at radius 2 is 1.88 bits per heavy atom. The van der Waals surface area contributed by atoms with E-state index >= 15 is 0 Å². The van der Waals surface area contributed by atoms with Crippen LogP contribution in [0, 0.1) is 0 Å². The zero-order valence-electron chi connectivity index (χ0n) is 16.4. The molecule has 0 aliphatic carbocycles. The van der Waals surface area contributed by atoms with Gasteiger partial charge in [0.1, 0.15) is 5.60 Å². The zero-order valence-corrected chi connectivity index (χ0v) is 16.4. The van der Waals surface area contributed by atoms with Crippen LogP contribution in [0.25, 0.3) is 0 Å². The Morgan fingerprint density at radius 1 is 1.20 bits per heavy atom. The van der Waals surface area contributed by atoms with Crippen LogP contribution in [-0.4, -0.2) is 86.1 Å². The number of alkyl carbamates (subject to hydrolysis) is 1. The molecule has 2 aliphatic rings. The summed E-state index contributed by atoms with van der Waals surface area (Å²) in [5, 5.41) is 9.85. The molecule has 0 aromatic heterocycles. The molecular formula is C18H37N5O2. The number of nitrogens with one attached hydrogen (secondary N) is 3. The minimum Gasteiger partial charge on any atom is -0.444 e. The molecular weight excluding hydrogens is 318 g/mol. The van der Waals surface area contributed by atoms with Crippen molar-refractivity contribution < 1.29 is 9.53 Å². The summed E-state index contributed by atoms with van der Waals surface area (Å²) in [5.41, 5.74) is -0.446. The summed E-state index contributed by atoms with van der Waals surface area (Å²) in [6, 6.07) is 0.448. The van der Waals surface area contributed by atoms with Crippen LogP contribution >= 0.6 is 0 Å². The fraction of sp³-hybridized carbons (Fsp3) is 0.944. The van der Waals surface area contributed by atoms with Crippen molar-refractivity contribution in [3.8, 4) is 0 Å². The van der Waals surface area contributed by atoms with Crippen molar-refractivity contribution in [1.29, 1.82) is 0 Å². The van der Waals surface area contributed by atoms with Gasteiger partial charge in [-0.1, -0.05) is 6.92 Å². The van der Waals surface area contributed by atoms with Crippen LogP contribution in [0.1, 0.15) is 40.5 Å². The van der Waals surface area contributed by atoms with Crippen molar-refractivity contribution >= 4 is 6.09 Å². The first kappa shape index (κ1) is 20.4. The zero-order chi connectivity index (χ0) is 18.3. The van der Waals surface area contributed by atoms with Crippen LogP contribution < -0.4 is 16.0 Å². The standard InChI is InChI=1S/C18H37N5O2/c1-5-16(22-11-8-19-9-12-22)23-13-10-20-14-15(23)6-7-21-17(24)25-18(2,3)4/h15-16,19-20H,5-14H2,1-4H3,(H,21,24). The van der Waals surface area contributed by atoms with E-state index in [0.717, 1.165) is 58.7 Å². The van der Waals surface area contributed by atoms with Gasteiger partial charge in [-0.05, 0) is 33.6 Å². The average molecular weight is 356 g/mol. The van der Waals surface area contributed by atoms with E-state index in [1.54, 1.807) is 0 Å². The second-order valence-corrected chi connectivity index (χ2v) is 7.99. The molecule has 0 bridgehead atoms. The van der Waals surface area contributed by atoms with Gasteiger partial charge in [-0.2, -0.15) is 0 Å². The van der Waals surface area contributed by atoms with Gasteiger partial charge in [0.2, 0.25) is 0 Å². The first-order chi connectivity index (χ1) is 11.9. The molecule has 0 aromatic rings. The van der Waals surface area contributed by atoms with E-state index in [-0.39, 0.29) is 6.09 Å². The molecule has 2 fully saturated rings. The van der Waals surface area contributed by atoms with Crippen molar-refractivity contribution in [2.45, 2.75) is 58.3 Å². The van der Waals surface area contributed by atoms with Gasteiger partial charge in [0.15, 0.2) is 0 Å². The predicted octanol–water partition coefficient (Wildman–Crippen LogP) is 0.816. The van der Waals surface area contributed by atoms with E-state index in [2.05, 4.69) is 32.7 Å². The number of amides is 1. The average Bonchev–Trinajstić information content (AvgIpc) is 2.56. The predicted molar refractivity (Wildman–Crippen MR) is 101 cm³/mol. The van der Waals surface area contributed by atoms with Crippen LogP contribution in [0.4, 0.5) is 4.79 Å². The smallest absolute Gasteiger partial charge is 0.407 e. The fourth-order valence-electron chi connectivity index (χ4n) is 3.77. The lowest BCUT2D eigenvalue weighted by atomic mass is 10.1. The Kier molecular flexibility index (Phi) is 7.93. The first-order valence-corrected chi connectivity index (χ1v) is 9.79. The van der Waals surface area contributed by atoms with E-state index < -0.39 is 5.60 Å². The van der Waals surface area contributed by atoms with Crippen molar-refractivity contribution in [3.63, 3.8) is 0 Å². The lowest BCUT2D eigenvalue weighted by Crippen LogP contribution is -2.62. The molecule has 2 rings (SSSR count). The van der Waals surface area contributed by atoms with Gasteiger partial charge in [0, 0.05) is 58.4 Å². The number of hydrogen-bond donors (Lipinski definition) is 3. The molecule has 2 aliphatic heterocycles. The highest BCUT2D eigenvalue weighted by atomic mass is 16.6. The first-order valence-electron chi connectivity index (χ1n) is 9.79. The Hall–Kier alpha value is -0.890. The van der Waals surface area contributed by atoms with Gasteiger partial charge in [-0.3, -0.25) is 9.80 Å². The third-order valence-corrected chi connectivity index (χ3v) is 4.86. The summed E-state index contributed by atoms with van der Waals surface area (Å²) in [6.45, 7) is 16.1. The maximum Gasteiger partial charge on any atom is 0.407 e. The summed E-state index contributed by atoms with van der Waals surface area (Å²) >= 11 is 0. The number of carbonyl (C=O) groups is 1. The van der Waals surface area contributed by atoms with Gasteiger partial charge in [-0.25, -0.2) is 4.79 Å². The molecule has 146 valence electrons. The molecule has 0 aromatic carbocycles. The molecule has 0 saturated carbocycles. The van der Waals surface area contributed by atoms with E-state index in [4.69, 9.17) is 4.74 Å². The number of ether oxygens (including phenoxy) is 1. The van der Waals surface area contributed by atoms with E-state index in [1.165, 1.54) is 0 Å². The fourth-order valence-corrected chi connectivity index (χ4v) is 3.77. The molecule has 2 unspecified atom stereocenters. The highest BCUT2D eigenvalue weighted by Gasteiger charge is 2.31. The molecule has 7 nitrogen and oxygen atoms in total. The topological polar surface area (TPSA) is 68.9 Å². The summed E-state index contributed by atoms with van der Waals surface area (Å²) in [7, 11) is 0. The van der Waals surface area contributed by atoms with Crippen LogP contribution in [0.3, 0.4) is 0 Å². The molecule has 2 atom stereocenters. The largest absolute Gasteiger partial charge is 0.444 e. The van der Waals surface area contributed by atoms with Crippen LogP contribution in [-0.2, 0) is 4.74 Å². The normalized spacial score (nSPS) is 24.7. The summed E-state index contributed by atoms with van der Waals surface area (Å²) in [6.07, 6.45) is 2.25. The highest BCUT2D eigenvalue weighted by Crippen LogP contribution is 2.18. The van der Waals surface area contributed by atoms with Crippen LogP contribution in [0.5, 0.6) is 0 Å². The van der Waals surface area contributed by atoms with Gasteiger partial charge in [0.25, 0.3) is 0 Å². The van der Waals surface area contributed by atoms with E-state index in [0.29, 0.717) is 18.8 Å². The maximum absolute atomic E-state index is 11.8. The minimum absolute atomic E-state index is 0.322. The number of hydrogen-bond acceptors (Lipinski definition) is 6. The molecule has 3 N–H and O–H groups in total. The van der Waals surface area contributed by atoms with E-state index in [9.17, 15) is 4.79 Å². The monoisotopic (exact) mass is 355 g/mol. The Balaban J connectivity index is 1.85. The lowest BCUT2D eigenvalue weighted by molar-refractivity contribution is -0.0108. The molecule has 7 heteroatoms. The molecule has 2 saturated heterocycles. The number of piperazine rings is 2. The van der Waals surface area contributed by atoms with E-state index in [1.807, 2.05) is 20.8 Å². The van der Waals surface area contributed by atoms with Crippen LogP contribution in [0.15, 0.2) is 0 Å². The highest BCUT2D eigenvalue weighted by molar-refractivity contribution is 5.67. The summed E-state index contributed by atoms with van der Waals surface area (Å²) in [4.78, 5) is 17.1. The van der Waals surface area contributed by atoms with Gasteiger partial charge in [0.05, 0.1) is 6.17 Å². The minimum atomic E-state index is -0.446. The molecule has 0 radical (unpaired) electrons. The Bertz CT molecular complexity index is 407. The molecule has 25 heavy (non-hydrogen) atoms. The SMILES string of the molecule is CCC(N1CCNCC1)N1CCNCC1CCNC(=O)OC(C)(C)C. The lowest BCUT2D eigenvalue weighted by Gasteiger charge is -2.47. The summed E-state index contributed by atoms with van der Waals surface area (Å²) in [5.74, 6) is 0. The molecule has 1 amide bonds.